The first kappa shape index (κ1) is 14.0. The van der Waals surface area contributed by atoms with Crippen molar-refractivity contribution in [3.8, 4) is 5.69 Å². The van der Waals surface area contributed by atoms with Gasteiger partial charge in [0.15, 0.2) is 0 Å². The lowest BCUT2D eigenvalue weighted by Crippen LogP contribution is -2.15. The topological polar surface area (TPSA) is 29.9 Å². The molecule has 1 atom stereocenters. The first-order valence-electron chi connectivity index (χ1n) is 7.03. The number of hydrogen-bond donors (Lipinski definition) is 1. The minimum Gasteiger partial charge on any atom is -0.309 e. The summed E-state index contributed by atoms with van der Waals surface area (Å²) in [4.78, 5) is 2.71. The van der Waals surface area contributed by atoms with Crippen molar-refractivity contribution >= 4 is 11.3 Å². The molecule has 21 heavy (non-hydrogen) atoms. The molecule has 0 bridgehead atoms. The smallest absolute Gasteiger partial charge is 0.0699 e. The molecule has 0 saturated carbocycles. The molecule has 1 N–H and O–H groups in total. The maximum absolute atomic E-state index is 4.49. The number of rotatable bonds is 4. The SMILES string of the molecule is CNC(c1cnn(-c2ccccc2)c1)c1cc(C)c(C)s1. The first-order chi connectivity index (χ1) is 10.2. The van der Waals surface area contributed by atoms with Gasteiger partial charge in [-0.05, 0) is 44.7 Å². The van der Waals surface area contributed by atoms with Crippen molar-refractivity contribution in [1.82, 2.24) is 15.1 Å². The Morgan fingerprint density at radius 1 is 1.19 bits per heavy atom. The molecule has 3 rings (SSSR count). The Labute approximate surface area is 129 Å². The van der Waals surface area contributed by atoms with Crippen LogP contribution in [-0.4, -0.2) is 16.8 Å². The summed E-state index contributed by atoms with van der Waals surface area (Å²) in [6.45, 7) is 4.33. The lowest BCUT2D eigenvalue weighted by Gasteiger charge is -2.12. The van der Waals surface area contributed by atoms with E-state index in [1.165, 1.54) is 20.9 Å². The zero-order chi connectivity index (χ0) is 14.8. The lowest BCUT2D eigenvalue weighted by molar-refractivity contribution is 0.703. The minimum absolute atomic E-state index is 0.194. The van der Waals surface area contributed by atoms with Crippen LogP contribution in [0.15, 0.2) is 48.8 Å². The molecule has 2 aromatic heterocycles. The molecule has 108 valence electrons. The molecule has 0 radical (unpaired) electrons. The third-order valence-corrected chi connectivity index (χ3v) is 4.93. The monoisotopic (exact) mass is 297 g/mol. The normalized spacial score (nSPS) is 12.5. The van der Waals surface area contributed by atoms with Crippen molar-refractivity contribution < 1.29 is 0 Å². The molecule has 1 aromatic carbocycles. The largest absolute Gasteiger partial charge is 0.309 e. The van der Waals surface area contributed by atoms with E-state index < -0.39 is 0 Å². The van der Waals surface area contributed by atoms with Crippen LogP contribution in [0.4, 0.5) is 0 Å². The van der Waals surface area contributed by atoms with Gasteiger partial charge in [-0.2, -0.15) is 5.10 Å². The third kappa shape index (κ3) is 2.77. The van der Waals surface area contributed by atoms with Crippen LogP contribution >= 0.6 is 11.3 Å². The molecule has 0 saturated heterocycles. The van der Waals surface area contributed by atoms with Crippen LogP contribution in [0.3, 0.4) is 0 Å². The molecule has 0 amide bonds. The zero-order valence-electron chi connectivity index (χ0n) is 12.5. The molecule has 1 unspecified atom stereocenters. The third-order valence-electron chi connectivity index (χ3n) is 3.71. The van der Waals surface area contributed by atoms with E-state index in [2.05, 4.69) is 48.7 Å². The summed E-state index contributed by atoms with van der Waals surface area (Å²) in [7, 11) is 1.99. The van der Waals surface area contributed by atoms with Gasteiger partial charge in [0, 0.05) is 21.5 Å². The molecule has 0 aliphatic heterocycles. The number of aromatic nitrogens is 2. The molecular weight excluding hydrogens is 278 g/mol. The molecule has 0 aliphatic rings. The van der Waals surface area contributed by atoms with Crippen LogP contribution in [0, 0.1) is 13.8 Å². The Balaban J connectivity index is 1.94. The summed E-state index contributed by atoms with van der Waals surface area (Å²) in [5.74, 6) is 0. The molecule has 0 spiro atoms. The average Bonchev–Trinajstić information content (AvgIpc) is 3.10. The van der Waals surface area contributed by atoms with Crippen LogP contribution in [-0.2, 0) is 0 Å². The molecular formula is C17H19N3S. The first-order valence-corrected chi connectivity index (χ1v) is 7.85. The van der Waals surface area contributed by atoms with Crippen LogP contribution < -0.4 is 5.32 Å². The highest BCUT2D eigenvalue weighted by Crippen LogP contribution is 2.30. The number of nitrogens with one attached hydrogen (secondary N) is 1. The molecule has 3 nitrogen and oxygen atoms in total. The highest BCUT2D eigenvalue weighted by atomic mass is 32.1. The van der Waals surface area contributed by atoms with Crippen LogP contribution in [0.5, 0.6) is 0 Å². The van der Waals surface area contributed by atoms with Gasteiger partial charge in [0.05, 0.1) is 17.9 Å². The lowest BCUT2D eigenvalue weighted by atomic mass is 10.1. The van der Waals surface area contributed by atoms with Gasteiger partial charge in [0.1, 0.15) is 0 Å². The highest BCUT2D eigenvalue weighted by Gasteiger charge is 2.17. The van der Waals surface area contributed by atoms with Gasteiger partial charge in [0.25, 0.3) is 0 Å². The second-order valence-electron chi connectivity index (χ2n) is 5.16. The standard InChI is InChI=1S/C17H19N3S/c1-12-9-16(21-13(12)2)17(18-3)14-10-19-20(11-14)15-7-5-4-6-8-15/h4-11,17-18H,1-3H3. The Bertz CT molecular complexity index is 708. The number of para-hydroxylation sites is 1. The second kappa shape index (κ2) is 5.84. The van der Waals surface area contributed by atoms with Gasteiger partial charge in [-0.3, -0.25) is 0 Å². The summed E-state index contributed by atoms with van der Waals surface area (Å²) < 4.78 is 1.92. The summed E-state index contributed by atoms with van der Waals surface area (Å²) in [5.41, 5.74) is 3.62. The minimum atomic E-state index is 0.194. The Kier molecular flexibility index (Phi) is 3.90. The predicted molar refractivity (Wildman–Crippen MR) is 88.3 cm³/mol. The molecule has 0 fully saturated rings. The van der Waals surface area contributed by atoms with E-state index in [4.69, 9.17) is 0 Å². The maximum atomic E-state index is 4.49. The number of aryl methyl sites for hydroxylation is 2. The quantitative estimate of drug-likeness (QED) is 0.792. The number of hydrogen-bond acceptors (Lipinski definition) is 3. The van der Waals surface area contributed by atoms with E-state index >= 15 is 0 Å². The van der Waals surface area contributed by atoms with Gasteiger partial charge in [-0.15, -0.1) is 11.3 Å². The summed E-state index contributed by atoms with van der Waals surface area (Å²) in [5, 5.41) is 7.89. The predicted octanol–water partition coefficient (Wildman–Crippen LogP) is 3.86. The summed E-state index contributed by atoms with van der Waals surface area (Å²) in [6.07, 6.45) is 4.04. The van der Waals surface area contributed by atoms with E-state index in [1.807, 2.05) is 47.5 Å². The van der Waals surface area contributed by atoms with E-state index in [-0.39, 0.29) is 6.04 Å². The second-order valence-corrected chi connectivity index (χ2v) is 6.45. The van der Waals surface area contributed by atoms with Crippen molar-refractivity contribution in [1.29, 1.82) is 0 Å². The Morgan fingerprint density at radius 3 is 2.57 bits per heavy atom. The van der Waals surface area contributed by atoms with Gasteiger partial charge in [-0.25, -0.2) is 4.68 Å². The van der Waals surface area contributed by atoms with Crippen LogP contribution in [0.1, 0.15) is 26.9 Å². The molecule has 4 heteroatoms. The van der Waals surface area contributed by atoms with E-state index in [9.17, 15) is 0 Å². The van der Waals surface area contributed by atoms with Crippen LogP contribution in [0.25, 0.3) is 5.69 Å². The number of thiophene rings is 1. The fraction of sp³-hybridized carbons (Fsp3) is 0.235. The average molecular weight is 297 g/mol. The molecule has 2 heterocycles. The number of benzene rings is 1. The van der Waals surface area contributed by atoms with Gasteiger partial charge < -0.3 is 5.32 Å². The fourth-order valence-electron chi connectivity index (χ4n) is 2.42. The summed E-state index contributed by atoms with van der Waals surface area (Å²) >= 11 is 1.85. The van der Waals surface area contributed by atoms with E-state index in [0.717, 1.165) is 5.69 Å². The highest BCUT2D eigenvalue weighted by molar-refractivity contribution is 7.12. The van der Waals surface area contributed by atoms with Crippen molar-refractivity contribution in [3.05, 3.63) is 69.7 Å². The summed E-state index contributed by atoms with van der Waals surface area (Å²) in [6, 6.07) is 12.6. The van der Waals surface area contributed by atoms with Gasteiger partial charge in [-0.1, -0.05) is 18.2 Å². The number of nitrogens with zero attached hydrogens (tertiary/aromatic N) is 2. The van der Waals surface area contributed by atoms with Crippen molar-refractivity contribution in [2.75, 3.05) is 7.05 Å². The Hall–Kier alpha value is -1.91. The van der Waals surface area contributed by atoms with Crippen LogP contribution in [0.2, 0.25) is 0 Å². The van der Waals surface area contributed by atoms with Gasteiger partial charge in [0.2, 0.25) is 0 Å². The van der Waals surface area contributed by atoms with Crippen molar-refractivity contribution in [2.45, 2.75) is 19.9 Å². The fourth-order valence-corrected chi connectivity index (χ4v) is 3.61. The van der Waals surface area contributed by atoms with Crippen molar-refractivity contribution in [3.63, 3.8) is 0 Å². The Morgan fingerprint density at radius 2 is 1.95 bits per heavy atom. The molecule has 3 aromatic rings. The maximum Gasteiger partial charge on any atom is 0.0699 e. The van der Waals surface area contributed by atoms with E-state index in [1.54, 1.807) is 0 Å². The van der Waals surface area contributed by atoms with E-state index in [0.29, 0.717) is 0 Å². The van der Waals surface area contributed by atoms with Gasteiger partial charge >= 0.3 is 0 Å². The molecule has 0 aliphatic carbocycles. The zero-order valence-corrected chi connectivity index (χ0v) is 13.3. The van der Waals surface area contributed by atoms with Crippen molar-refractivity contribution in [2.24, 2.45) is 0 Å².